The lowest BCUT2D eigenvalue weighted by atomic mass is 10.0. The highest BCUT2D eigenvalue weighted by Gasteiger charge is 2.18. The number of hydrogen-bond acceptors (Lipinski definition) is 20. The lowest BCUT2D eigenvalue weighted by molar-refractivity contribution is 0.0591. The molecule has 0 radical (unpaired) electrons. The number of benzene rings is 3. The van der Waals surface area contributed by atoms with E-state index in [4.69, 9.17) is 50.0 Å². The van der Waals surface area contributed by atoms with E-state index >= 15 is 0 Å². The van der Waals surface area contributed by atoms with Gasteiger partial charge in [0.25, 0.3) is 5.91 Å². The van der Waals surface area contributed by atoms with Gasteiger partial charge in [-0.2, -0.15) is 15.7 Å². The Labute approximate surface area is 517 Å². The summed E-state index contributed by atoms with van der Waals surface area (Å²) in [6, 6.07) is 31.0. The number of aromatic nitrogens is 15. The zero-order valence-electron chi connectivity index (χ0n) is 46.5. The molecule has 440 valence electrons. The third kappa shape index (κ3) is 14.8. The van der Waals surface area contributed by atoms with E-state index in [2.05, 4.69) is 87.5 Å². The smallest absolute Gasteiger partial charge is 0.337 e. The topological polar surface area (TPSA) is 331 Å². The van der Waals surface area contributed by atoms with Crippen molar-refractivity contribution in [1.29, 1.82) is 5.26 Å². The second-order valence-electron chi connectivity index (χ2n) is 19.4. The summed E-state index contributed by atoms with van der Waals surface area (Å²) < 4.78 is 9.48. The van der Waals surface area contributed by atoms with Crippen molar-refractivity contribution in [1.82, 2.24) is 81.5 Å². The van der Waals surface area contributed by atoms with E-state index in [0.29, 0.717) is 97.3 Å². The molecule has 1 amide bonds. The summed E-state index contributed by atoms with van der Waals surface area (Å²) in [6.45, 7) is 4.19. The van der Waals surface area contributed by atoms with Crippen LogP contribution in [0.5, 0.6) is 0 Å². The van der Waals surface area contributed by atoms with E-state index in [9.17, 15) is 19.6 Å². The first-order chi connectivity index (χ1) is 42.1. The molecule has 12 rings (SSSR count). The number of nitrogen functional groups attached to an aromatic ring is 1. The third-order valence-electron chi connectivity index (χ3n) is 13.4. The number of nitrogens with one attached hydrogen (secondary N) is 3. The minimum atomic E-state index is -0.411. The first-order valence-electron chi connectivity index (χ1n) is 26.3. The molecule has 0 spiro atoms. The number of carbonyl (C=O) groups excluding carboxylic acids is 3. The van der Waals surface area contributed by atoms with Crippen LogP contribution in [-0.2, 0) is 35.3 Å². The van der Waals surface area contributed by atoms with Gasteiger partial charge in [0, 0.05) is 119 Å². The molecule has 0 unspecified atom stereocenters. The maximum atomic E-state index is 12.9. The molecule has 0 aliphatic rings. The van der Waals surface area contributed by atoms with Crippen molar-refractivity contribution >= 4 is 91.2 Å². The van der Waals surface area contributed by atoms with Crippen LogP contribution in [0.4, 0.5) is 5.82 Å². The Kier molecular flexibility index (Phi) is 19.6. The fourth-order valence-corrected chi connectivity index (χ4v) is 10.0. The molecule has 23 nitrogen and oxygen atoms in total. The second kappa shape index (κ2) is 27.9. The van der Waals surface area contributed by atoms with E-state index in [0.717, 1.165) is 77.7 Å². The summed E-state index contributed by atoms with van der Waals surface area (Å²) in [4.78, 5) is 66.7. The maximum absolute atomic E-state index is 12.9. The Balaban J connectivity index is 0.000000160. The molecule has 0 fully saturated rings. The van der Waals surface area contributed by atoms with E-state index in [1.54, 1.807) is 85.6 Å². The Morgan fingerprint density at radius 1 is 0.580 bits per heavy atom. The summed E-state index contributed by atoms with van der Waals surface area (Å²) in [6.07, 6.45) is 10.9. The summed E-state index contributed by atoms with van der Waals surface area (Å²) in [5.74, 6) is 0.323. The largest absolute Gasteiger partial charge is 0.465 e. The highest BCUT2D eigenvalue weighted by molar-refractivity contribution is 6.32. The SMILES string of the molecule is C.COC(=O)c1ccnc(Cc2cc(-c3nn[nH]n3)c3ncc(Cl)cc3c2)c1.COC(=O)c1ccnc(Cc2cc(C#N)c3ncc(Cl)cc3c2)c1.Cc1cc(N)nc(C)c1CNC(=O)c1ccnc(Cc2cc(-c3nn[nH]n3)c3ncc(Cl)cc3c2)c1. The molecule has 9 heterocycles. The Morgan fingerprint density at radius 2 is 1.01 bits per heavy atom. The van der Waals surface area contributed by atoms with E-state index in [1.807, 2.05) is 56.3 Å². The van der Waals surface area contributed by atoms with Crippen LogP contribution in [0.3, 0.4) is 0 Å². The van der Waals surface area contributed by atoms with Gasteiger partial charge in [-0.15, -0.1) is 20.4 Å². The number of methoxy groups -OCH3 is 2. The van der Waals surface area contributed by atoms with Crippen molar-refractivity contribution in [3.05, 3.63) is 222 Å². The molecular weight excluding hydrogens is 1180 g/mol. The molecule has 26 heteroatoms. The average Bonchev–Trinajstić information content (AvgIpc) is 2.26. The number of pyridine rings is 7. The zero-order chi connectivity index (χ0) is 61.1. The number of aromatic amines is 2. The van der Waals surface area contributed by atoms with E-state index in [1.165, 1.54) is 20.4 Å². The molecule has 12 aromatic rings. The molecule has 88 heavy (non-hydrogen) atoms. The molecule has 0 saturated carbocycles. The number of nitrogens with zero attached hydrogens (tertiary/aromatic N) is 14. The lowest BCUT2D eigenvalue weighted by Gasteiger charge is -2.12. The predicted octanol–water partition coefficient (Wildman–Crippen LogP) is 10.6. The van der Waals surface area contributed by atoms with Crippen molar-refractivity contribution in [2.24, 2.45) is 0 Å². The highest BCUT2D eigenvalue weighted by atomic mass is 35.5. The number of halogens is 3. The lowest BCUT2D eigenvalue weighted by Crippen LogP contribution is -2.24. The Morgan fingerprint density at radius 3 is 1.44 bits per heavy atom. The predicted molar refractivity (Wildman–Crippen MR) is 331 cm³/mol. The fraction of sp³-hybridized carbons (Fsp3) is 0.145. The Bertz CT molecular complexity index is 4580. The minimum Gasteiger partial charge on any atom is -0.465 e. The van der Waals surface area contributed by atoms with Crippen molar-refractivity contribution in [2.75, 3.05) is 20.0 Å². The second-order valence-corrected chi connectivity index (χ2v) is 20.7. The summed E-state index contributed by atoms with van der Waals surface area (Å²) in [5, 5.41) is 44.9. The summed E-state index contributed by atoms with van der Waals surface area (Å²) in [7, 11) is 2.68. The van der Waals surface area contributed by atoms with Crippen LogP contribution in [0.2, 0.25) is 15.1 Å². The van der Waals surface area contributed by atoms with Gasteiger partial charge in [0.05, 0.1) is 62.5 Å². The van der Waals surface area contributed by atoms with Gasteiger partial charge in [0.15, 0.2) is 0 Å². The number of anilines is 1. The number of aryl methyl sites for hydroxylation is 2. The normalized spacial score (nSPS) is 10.7. The molecule has 3 aromatic carbocycles. The summed E-state index contributed by atoms with van der Waals surface area (Å²) in [5.41, 5.74) is 18.9. The fourth-order valence-electron chi connectivity index (χ4n) is 9.55. The van der Waals surface area contributed by atoms with Gasteiger partial charge in [0.2, 0.25) is 11.6 Å². The monoisotopic (exact) mass is 1230 g/mol. The molecule has 0 bridgehead atoms. The van der Waals surface area contributed by atoms with E-state index < -0.39 is 11.9 Å². The van der Waals surface area contributed by atoms with Crippen LogP contribution < -0.4 is 11.1 Å². The number of ether oxygens (including phenoxy) is 2. The number of carbonyl (C=O) groups is 3. The van der Waals surface area contributed by atoms with Gasteiger partial charge in [-0.3, -0.25) is 34.7 Å². The van der Waals surface area contributed by atoms with Gasteiger partial charge >= 0.3 is 11.9 Å². The van der Waals surface area contributed by atoms with Crippen LogP contribution in [-0.4, -0.2) is 108 Å². The number of fused-ring (bicyclic) bond motifs is 3. The molecule has 0 saturated heterocycles. The Hall–Kier alpha value is -10.8. The molecule has 5 N–H and O–H groups in total. The van der Waals surface area contributed by atoms with Crippen LogP contribution in [0, 0.1) is 25.2 Å². The molecular formula is C62H51Cl3N18O5. The highest BCUT2D eigenvalue weighted by Crippen LogP contribution is 2.31. The van der Waals surface area contributed by atoms with E-state index in [-0.39, 0.29) is 13.3 Å². The maximum Gasteiger partial charge on any atom is 0.337 e. The quantitative estimate of drug-likeness (QED) is 0.0779. The van der Waals surface area contributed by atoms with Crippen molar-refractivity contribution in [3.63, 3.8) is 0 Å². The number of amides is 1. The third-order valence-corrected chi connectivity index (χ3v) is 14.1. The molecule has 0 atom stereocenters. The number of esters is 2. The number of rotatable bonds is 13. The van der Waals surface area contributed by atoms with Crippen LogP contribution in [0.25, 0.3) is 55.5 Å². The van der Waals surface area contributed by atoms with Gasteiger partial charge in [-0.05, 0) is 149 Å². The minimum absolute atomic E-state index is 0. The first kappa shape index (κ1) is 61.8. The zero-order valence-corrected chi connectivity index (χ0v) is 48.8. The number of nitriles is 1. The number of H-pyrrole nitrogens is 2. The van der Waals surface area contributed by atoms with Gasteiger partial charge in [0.1, 0.15) is 11.9 Å². The number of hydrogen-bond donors (Lipinski definition) is 4. The van der Waals surface area contributed by atoms with Gasteiger partial charge in [-0.1, -0.05) is 42.2 Å². The average molecular weight is 1230 g/mol. The standard InChI is InChI=1S/C25H22ClN9O.C18H13ClN6O2.C18H12ClN3O2.CH4/c1-13-5-22(27)31-14(2)21(13)12-30-25(36)16-3-4-28-19(10-16)7-15-6-17-9-18(26)11-29-23(17)20(8-15)24-32-34-35-33-24;1-27-18(26)11-2-3-20-14(8-11)5-10-4-12-7-13(19)9-21-16(12)15(6-10)17-22-24-25-23-17;1-24-18(23)12-2-3-21-16(8-12)6-11-4-13-7-15(19)10-22-17(13)14(5-11)9-20;/h3-6,8-11H,7,12H2,1-2H3,(H2,27,31)(H,30,36)(H,32,33,34,35);2-4,6-9H,5H2,1H3,(H,22,23,24,25);2-5,7-8,10H,6H2,1H3;1H4. The van der Waals surface area contributed by atoms with Gasteiger partial charge in [-0.25, -0.2) is 14.6 Å². The van der Waals surface area contributed by atoms with Crippen molar-refractivity contribution in [3.8, 4) is 28.8 Å². The molecule has 9 aromatic heterocycles. The van der Waals surface area contributed by atoms with Crippen molar-refractivity contribution in [2.45, 2.75) is 47.1 Å². The summed E-state index contributed by atoms with van der Waals surface area (Å²) >= 11 is 18.3. The van der Waals surface area contributed by atoms with Gasteiger partial charge < -0.3 is 20.5 Å². The van der Waals surface area contributed by atoms with Crippen LogP contribution in [0.1, 0.15) is 94.7 Å². The van der Waals surface area contributed by atoms with Crippen molar-refractivity contribution < 1.29 is 23.9 Å². The first-order valence-corrected chi connectivity index (χ1v) is 27.4. The number of nitrogens with two attached hydrogens (primary N) is 1. The van der Waals surface area contributed by atoms with Crippen LogP contribution in [0.15, 0.2) is 134 Å². The molecule has 0 aliphatic heterocycles. The van der Waals surface area contributed by atoms with Crippen LogP contribution >= 0.6 is 34.8 Å². The molecule has 0 aliphatic carbocycles. The number of tetrazole rings is 2.